The first kappa shape index (κ1) is 24.0. The molecular weight excluding hydrogens is 384 g/mol. The SMILES string of the molecule is CC[C@H](C[C@@H](O)[C@@H](C)[C@H]1CC[C@H]2[C@@H]3C[C@]4(O)C[C@@H](O)CC[C@]4(C)[C@H]3CC[C@@]12C)C(C)C. The topological polar surface area (TPSA) is 60.7 Å². The Morgan fingerprint density at radius 3 is 2.29 bits per heavy atom. The van der Waals surface area contributed by atoms with Gasteiger partial charge in [-0.25, -0.2) is 0 Å². The van der Waals surface area contributed by atoms with E-state index in [1.165, 1.54) is 25.7 Å². The number of hydrogen-bond acceptors (Lipinski definition) is 3. The van der Waals surface area contributed by atoms with Crippen molar-refractivity contribution < 1.29 is 15.3 Å². The maximum atomic E-state index is 11.7. The molecule has 0 aliphatic heterocycles. The number of fused-ring (bicyclic) bond motifs is 5. The van der Waals surface area contributed by atoms with Gasteiger partial charge in [-0.05, 0) is 104 Å². The molecule has 31 heavy (non-hydrogen) atoms. The highest BCUT2D eigenvalue weighted by atomic mass is 16.3. The Bertz CT molecular complexity index is 648. The van der Waals surface area contributed by atoms with E-state index in [0.29, 0.717) is 53.3 Å². The highest BCUT2D eigenvalue weighted by Gasteiger charge is 2.68. The molecule has 3 heteroatoms. The van der Waals surface area contributed by atoms with Crippen molar-refractivity contribution >= 4 is 0 Å². The van der Waals surface area contributed by atoms with E-state index in [2.05, 4.69) is 41.5 Å². The molecule has 4 saturated carbocycles. The van der Waals surface area contributed by atoms with Crippen molar-refractivity contribution in [3.63, 3.8) is 0 Å². The minimum absolute atomic E-state index is 0.0208. The minimum atomic E-state index is -0.680. The molecule has 0 saturated heterocycles. The van der Waals surface area contributed by atoms with Crippen molar-refractivity contribution in [2.75, 3.05) is 0 Å². The average Bonchev–Trinajstić information content (AvgIpc) is 3.16. The molecular formula is C28H50O3. The van der Waals surface area contributed by atoms with Gasteiger partial charge in [0.2, 0.25) is 0 Å². The monoisotopic (exact) mass is 434 g/mol. The predicted octanol–water partition coefficient (Wildman–Crippen LogP) is 5.80. The van der Waals surface area contributed by atoms with Gasteiger partial charge in [0.05, 0.1) is 17.8 Å². The van der Waals surface area contributed by atoms with Gasteiger partial charge >= 0.3 is 0 Å². The van der Waals surface area contributed by atoms with Gasteiger partial charge in [0, 0.05) is 6.42 Å². The van der Waals surface area contributed by atoms with E-state index in [-0.39, 0.29) is 17.6 Å². The molecule has 0 aromatic carbocycles. The summed E-state index contributed by atoms with van der Waals surface area (Å²) in [5.74, 6) is 4.04. The largest absolute Gasteiger partial charge is 0.393 e. The zero-order chi connectivity index (χ0) is 22.8. The molecule has 180 valence electrons. The molecule has 0 aromatic heterocycles. The van der Waals surface area contributed by atoms with Gasteiger partial charge in [-0.15, -0.1) is 0 Å². The summed E-state index contributed by atoms with van der Waals surface area (Å²) in [5.41, 5.74) is -0.410. The van der Waals surface area contributed by atoms with Crippen molar-refractivity contribution in [2.45, 2.75) is 124 Å². The summed E-state index contributed by atoms with van der Waals surface area (Å²) < 4.78 is 0. The predicted molar refractivity (Wildman–Crippen MR) is 126 cm³/mol. The third-order valence-electron chi connectivity index (χ3n) is 11.8. The third kappa shape index (κ3) is 3.64. The molecule has 4 fully saturated rings. The summed E-state index contributed by atoms with van der Waals surface area (Å²) in [6, 6.07) is 0. The van der Waals surface area contributed by atoms with E-state index in [9.17, 15) is 15.3 Å². The molecule has 0 aromatic rings. The highest BCUT2D eigenvalue weighted by Crippen LogP contribution is 2.71. The van der Waals surface area contributed by atoms with Crippen molar-refractivity contribution in [1.82, 2.24) is 0 Å². The Labute approximate surface area is 191 Å². The lowest BCUT2D eigenvalue weighted by Gasteiger charge is -2.53. The quantitative estimate of drug-likeness (QED) is 0.495. The lowest BCUT2D eigenvalue weighted by molar-refractivity contribution is -0.134. The van der Waals surface area contributed by atoms with E-state index in [4.69, 9.17) is 0 Å². The molecule has 0 bridgehead atoms. The van der Waals surface area contributed by atoms with Crippen molar-refractivity contribution in [1.29, 1.82) is 0 Å². The van der Waals surface area contributed by atoms with Gasteiger partial charge < -0.3 is 15.3 Å². The van der Waals surface area contributed by atoms with Crippen LogP contribution in [0.2, 0.25) is 0 Å². The first-order valence-corrected chi connectivity index (χ1v) is 13.6. The van der Waals surface area contributed by atoms with Gasteiger partial charge in [-0.2, -0.15) is 0 Å². The lowest BCUT2D eigenvalue weighted by Crippen LogP contribution is -2.51. The van der Waals surface area contributed by atoms with Gasteiger partial charge in [-0.1, -0.05) is 48.0 Å². The Kier molecular flexibility index (Phi) is 6.41. The number of aliphatic hydroxyl groups excluding tert-OH is 2. The van der Waals surface area contributed by atoms with Gasteiger partial charge in [0.15, 0.2) is 0 Å². The summed E-state index contributed by atoms with van der Waals surface area (Å²) in [5, 5.41) is 33.3. The van der Waals surface area contributed by atoms with Crippen LogP contribution in [0.25, 0.3) is 0 Å². The van der Waals surface area contributed by atoms with Crippen LogP contribution in [-0.4, -0.2) is 33.1 Å². The molecule has 4 aliphatic rings. The molecule has 0 radical (unpaired) electrons. The Balaban J connectivity index is 1.52. The first-order chi connectivity index (χ1) is 14.5. The summed E-state index contributed by atoms with van der Waals surface area (Å²) in [6.45, 7) is 14.0. The average molecular weight is 435 g/mol. The second kappa shape index (κ2) is 8.27. The third-order valence-corrected chi connectivity index (χ3v) is 11.8. The fourth-order valence-electron chi connectivity index (χ4n) is 9.63. The van der Waals surface area contributed by atoms with Crippen LogP contribution < -0.4 is 0 Å². The number of rotatable bonds is 6. The van der Waals surface area contributed by atoms with Crippen LogP contribution >= 0.6 is 0 Å². The summed E-state index contributed by atoms with van der Waals surface area (Å²) in [6.07, 6.45) is 9.81. The number of aliphatic hydroxyl groups is 3. The van der Waals surface area contributed by atoms with Crippen molar-refractivity contribution in [2.24, 2.45) is 52.3 Å². The molecule has 0 amide bonds. The van der Waals surface area contributed by atoms with Crippen molar-refractivity contribution in [3.8, 4) is 0 Å². The van der Waals surface area contributed by atoms with E-state index < -0.39 is 5.60 Å². The molecule has 4 rings (SSSR count). The first-order valence-electron chi connectivity index (χ1n) is 13.6. The highest BCUT2D eigenvalue weighted by molar-refractivity contribution is 5.17. The van der Waals surface area contributed by atoms with Crippen LogP contribution in [0.1, 0.15) is 106 Å². The smallest absolute Gasteiger partial charge is 0.0731 e. The van der Waals surface area contributed by atoms with Gasteiger partial charge in [-0.3, -0.25) is 0 Å². The maximum Gasteiger partial charge on any atom is 0.0731 e. The Morgan fingerprint density at radius 2 is 1.65 bits per heavy atom. The van der Waals surface area contributed by atoms with Crippen LogP contribution in [0.5, 0.6) is 0 Å². The number of hydrogen-bond donors (Lipinski definition) is 3. The van der Waals surface area contributed by atoms with Crippen LogP contribution in [0.3, 0.4) is 0 Å². The molecule has 3 nitrogen and oxygen atoms in total. The Hall–Kier alpha value is -0.120. The second-order valence-corrected chi connectivity index (χ2v) is 13.2. The fraction of sp³-hybridized carbons (Fsp3) is 1.00. The zero-order valence-corrected chi connectivity index (χ0v) is 21.1. The van der Waals surface area contributed by atoms with Crippen LogP contribution in [0, 0.1) is 52.3 Å². The molecule has 0 unspecified atom stereocenters. The normalized spacial score (nSPS) is 49.9. The summed E-state index contributed by atoms with van der Waals surface area (Å²) in [4.78, 5) is 0. The summed E-state index contributed by atoms with van der Waals surface area (Å²) in [7, 11) is 0. The molecule has 3 N–H and O–H groups in total. The fourth-order valence-corrected chi connectivity index (χ4v) is 9.63. The van der Waals surface area contributed by atoms with Crippen LogP contribution in [0.15, 0.2) is 0 Å². The zero-order valence-electron chi connectivity index (χ0n) is 21.1. The Morgan fingerprint density at radius 1 is 0.935 bits per heavy atom. The van der Waals surface area contributed by atoms with Gasteiger partial charge in [0.1, 0.15) is 0 Å². The molecule has 0 spiro atoms. The van der Waals surface area contributed by atoms with Gasteiger partial charge in [0.25, 0.3) is 0 Å². The second-order valence-electron chi connectivity index (χ2n) is 13.2. The molecule has 4 aliphatic carbocycles. The van der Waals surface area contributed by atoms with E-state index in [1.807, 2.05) is 0 Å². The van der Waals surface area contributed by atoms with Crippen LogP contribution in [-0.2, 0) is 0 Å². The van der Waals surface area contributed by atoms with E-state index >= 15 is 0 Å². The lowest BCUT2D eigenvalue weighted by atomic mass is 9.53. The molecule has 0 heterocycles. The standard InChI is InChI=1S/C28H50O3/c1-7-19(17(2)3)14-25(30)18(4)22-8-9-23-21-16-28(31)15-20(29)10-13-27(28,6)24(21)11-12-26(22,23)5/h17-25,29-31H,7-16H2,1-6H3/t18-,19+,20-,21-,22+,23-,24-,25+,26-,27+,28+/m0/s1. The van der Waals surface area contributed by atoms with Crippen molar-refractivity contribution in [3.05, 3.63) is 0 Å². The summed E-state index contributed by atoms with van der Waals surface area (Å²) >= 11 is 0. The van der Waals surface area contributed by atoms with Crippen LogP contribution in [0.4, 0.5) is 0 Å². The minimum Gasteiger partial charge on any atom is -0.393 e. The van der Waals surface area contributed by atoms with E-state index in [0.717, 1.165) is 32.1 Å². The molecule has 11 atom stereocenters. The maximum absolute atomic E-state index is 11.7. The van der Waals surface area contributed by atoms with E-state index in [1.54, 1.807) is 0 Å².